The van der Waals surface area contributed by atoms with E-state index in [0.29, 0.717) is 5.70 Å². The van der Waals surface area contributed by atoms with Gasteiger partial charge in [0.1, 0.15) is 17.3 Å². The lowest BCUT2D eigenvalue weighted by atomic mass is 10.2. The van der Waals surface area contributed by atoms with Crippen molar-refractivity contribution in [1.29, 1.82) is 5.26 Å². The molecule has 0 N–H and O–H groups in total. The average Bonchev–Trinajstić information content (AvgIpc) is 2.90. The predicted molar refractivity (Wildman–Crippen MR) is 73.8 cm³/mol. The summed E-state index contributed by atoms with van der Waals surface area (Å²) in [6, 6.07) is 19.4. The van der Waals surface area contributed by atoms with E-state index in [2.05, 4.69) is 16.4 Å². The van der Waals surface area contributed by atoms with Crippen molar-refractivity contribution in [2.75, 3.05) is 0 Å². The number of benzene rings is 2. The zero-order chi connectivity index (χ0) is 13.1. The molecule has 0 saturated heterocycles. The summed E-state index contributed by atoms with van der Waals surface area (Å²) in [6.45, 7) is 0. The topological polar surface area (TPSA) is 54.5 Å². The van der Waals surface area contributed by atoms with Crippen molar-refractivity contribution in [2.45, 2.75) is 0 Å². The molecule has 0 fully saturated rings. The predicted octanol–water partition coefficient (Wildman–Crippen LogP) is 2.95. The third-order valence-electron chi connectivity index (χ3n) is 2.80. The summed E-state index contributed by atoms with van der Waals surface area (Å²) in [4.78, 5) is 0. The molecule has 2 aromatic carbocycles. The van der Waals surface area contributed by atoms with E-state index in [-0.39, 0.29) is 0 Å². The number of allylic oxidation sites excluding steroid dienone is 1. The summed E-state index contributed by atoms with van der Waals surface area (Å²) in [5, 5.41) is 17.4. The van der Waals surface area contributed by atoms with Gasteiger partial charge in [-0.25, -0.2) is 4.68 Å². The molecule has 0 aliphatic rings. The molecule has 0 radical (unpaired) electrons. The molecule has 0 bridgehead atoms. The zero-order valence-electron chi connectivity index (χ0n) is 10.1. The highest BCUT2D eigenvalue weighted by Gasteiger charge is 2.07. The Bertz CT molecular complexity index is 779. The molecule has 0 aliphatic carbocycles. The van der Waals surface area contributed by atoms with Crippen molar-refractivity contribution in [3.8, 4) is 6.07 Å². The summed E-state index contributed by atoms with van der Waals surface area (Å²) in [7, 11) is 0. The lowest BCUT2D eigenvalue weighted by Gasteiger charge is -1.99. The minimum Gasteiger partial charge on any atom is -0.202 e. The van der Waals surface area contributed by atoms with Gasteiger partial charge < -0.3 is 0 Å². The first-order valence-electron chi connectivity index (χ1n) is 5.86. The van der Waals surface area contributed by atoms with E-state index in [0.717, 1.165) is 16.6 Å². The van der Waals surface area contributed by atoms with Gasteiger partial charge in [0.25, 0.3) is 0 Å². The number of nitriles is 1. The number of aromatic nitrogens is 3. The second kappa shape index (κ2) is 4.75. The van der Waals surface area contributed by atoms with Crippen LogP contribution in [-0.2, 0) is 0 Å². The maximum Gasteiger partial charge on any atom is 0.145 e. The van der Waals surface area contributed by atoms with Gasteiger partial charge in [0, 0.05) is 0 Å². The van der Waals surface area contributed by atoms with Gasteiger partial charge in [-0.3, -0.25) is 0 Å². The lowest BCUT2D eigenvalue weighted by Crippen LogP contribution is -1.97. The van der Waals surface area contributed by atoms with E-state index < -0.39 is 0 Å². The van der Waals surface area contributed by atoms with Crippen LogP contribution in [0.1, 0.15) is 5.56 Å². The van der Waals surface area contributed by atoms with Crippen molar-refractivity contribution >= 4 is 22.8 Å². The van der Waals surface area contributed by atoms with Gasteiger partial charge in [-0.05, 0) is 23.8 Å². The molecule has 0 atom stereocenters. The molecule has 1 aromatic heterocycles. The van der Waals surface area contributed by atoms with Crippen LogP contribution in [0.2, 0.25) is 0 Å². The maximum atomic E-state index is 9.31. The Morgan fingerprint density at radius 1 is 1.05 bits per heavy atom. The van der Waals surface area contributed by atoms with Crippen LogP contribution in [0.25, 0.3) is 22.8 Å². The van der Waals surface area contributed by atoms with Gasteiger partial charge >= 0.3 is 0 Å². The Morgan fingerprint density at radius 2 is 1.79 bits per heavy atom. The molecular weight excluding hydrogens is 236 g/mol. The minimum atomic E-state index is 0.444. The number of rotatable bonds is 2. The van der Waals surface area contributed by atoms with Crippen LogP contribution < -0.4 is 0 Å². The Hall–Kier alpha value is -2.93. The van der Waals surface area contributed by atoms with Crippen molar-refractivity contribution in [3.63, 3.8) is 0 Å². The molecule has 4 nitrogen and oxygen atoms in total. The SMILES string of the molecule is N#C/C(=C\c1ccccc1)n1nnc2ccccc21. The zero-order valence-corrected chi connectivity index (χ0v) is 10.1. The van der Waals surface area contributed by atoms with E-state index in [1.807, 2.05) is 54.6 Å². The Morgan fingerprint density at radius 3 is 2.58 bits per heavy atom. The van der Waals surface area contributed by atoms with Crippen molar-refractivity contribution in [1.82, 2.24) is 15.0 Å². The largest absolute Gasteiger partial charge is 0.202 e. The van der Waals surface area contributed by atoms with Crippen LogP contribution in [0.4, 0.5) is 0 Å². The third-order valence-corrected chi connectivity index (χ3v) is 2.80. The summed E-state index contributed by atoms with van der Waals surface area (Å²) in [6.07, 6.45) is 1.79. The van der Waals surface area contributed by atoms with Gasteiger partial charge in [0.15, 0.2) is 0 Å². The van der Waals surface area contributed by atoms with Crippen LogP contribution in [0, 0.1) is 11.3 Å². The first kappa shape index (κ1) is 11.2. The van der Waals surface area contributed by atoms with Gasteiger partial charge in [-0.2, -0.15) is 5.26 Å². The van der Waals surface area contributed by atoms with E-state index in [1.165, 1.54) is 0 Å². The summed E-state index contributed by atoms with van der Waals surface area (Å²) in [5.41, 5.74) is 3.00. The van der Waals surface area contributed by atoms with Gasteiger partial charge in [0.2, 0.25) is 0 Å². The van der Waals surface area contributed by atoms with Crippen LogP contribution in [0.15, 0.2) is 54.6 Å². The van der Waals surface area contributed by atoms with E-state index >= 15 is 0 Å². The number of para-hydroxylation sites is 1. The van der Waals surface area contributed by atoms with Gasteiger partial charge in [-0.15, -0.1) is 5.10 Å². The van der Waals surface area contributed by atoms with Crippen molar-refractivity contribution in [3.05, 3.63) is 60.2 Å². The second-order valence-electron chi connectivity index (χ2n) is 4.04. The summed E-state index contributed by atoms with van der Waals surface area (Å²) in [5.74, 6) is 0. The first-order chi connectivity index (χ1) is 9.38. The molecule has 90 valence electrons. The Kier molecular flexibility index (Phi) is 2.79. The van der Waals surface area contributed by atoms with Crippen LogP contribution in [-0.4, -0.2) is 15.0 Å². The van der Waals surface area contributed by atoms with Crippen LogP contribution >= 0.6 is 0 Å². The molecule has 3 aromatic rings. The maximum absolute atomic E-state index is 9.31. The number of hydrogen-bond acceptors (Lipinski definition) is 3. The van der Waals surface area contributed by atoms with E-state index in [4.69, 9.17) is 0 Å². The van der Waals surface area contributed by atoms with Crippen molar-refractivity contribution < 1.29 is 0 Å². The fourth-order valence-electron chi connectivity index (χ4n) is 1.89. The van der Waals surface area contributed by atoms with Crippen LogP contribution in [0.5, 0.6) is 0 Å². The molecule has 0 amide bonds. The normalized spacial score (nSPS) is 11.4. The molecule has 1 heterocycles. The van der Waals surface area contributed by atoms with Gasteiger partial charge in [-0.1, -0.05) is 47.7 Å². The highest BCUT2D eigenvalue weighted by molar-refractivity contribution is 5.86. The second-order valence-corrected chi connectivity index (χ2v) is 4.04. The van der Waals surface area contributed by atoms with E-state index in [9.17, 15) is 5.26 Å². The molecule has 0 saturated carbocycles. The summed E-state index contributed by atoms with van der Waals surface area (Å²) < 4.78 is 1.56. The van der Waals surface area contributed by atoms with Gasteiger partial charge in [0.05, 0.1) is 5.52 Å². The first-order valence-corrected chi connectivity index (χ1v) is 5.86. The Labute approximate surface area is 110 Å². The minimum absolute atomic E-state index is 0.444. The molecular formula is C15H10N4. The highest BCUT2D eigenvalue weighted by Crippen LogP contribution is 2.16. The van der Waals surface area contributed by atoms with Crippen LogP contribution in [0.3, 0.4) is 0 Å². The fraction of sp³-hybridized carbons (Fsp3) is 0. The molecule has 0 spiro atoms. The quantitative estimate of drug-likeness (QED) is 0.653. The monoisotopic (exact) mass is 246 g/mol. The Balaban J connectivity index is 2.14. The lowest BCUT2D eigenvalue weighted by molar-refractivity contribution is 0.848. The van der Waals surface area contributed by atoms with E-state index in [1.54, 1.807) is 10.8 Å². The molecule has 0 unspecified atom stereocenters. The summed E-state index contributed by atoms with van der Waals surface area (Å²) >= 11 is 0. The number of nitrogens with zero attached hydrogens (tertiary/aromatic N) is 4. The standard InChI is InChI=1S/C15H10N4/c16-11-13(10-12-6-2-1-3-7-12)19-15-9-5-4-8-14(15)17-18-19/h1-10H/b13-10+. The van der Waals surface area contributed by atoms with Crippen molar-refractivity contribution in [2.24, 2.45) is 0 Å². The molecule has 19 heavy (non-hydrogen) atoms. The molecule has 4 heteroatoms. The number of hydrogen-bond donors (Lipinski definition) is 0. The third kappa shape index (κ3) is 2.09. The highest BCUT2D eigenvalue weighted by atomic mass is 15.4. The molecule has 3 rings (SSSR count). The smallest absolute Gasteiger partial charge is 0.145 e. The fourth-order valence-corrected chi connectivity index (χ4v) is 1.89. The molecule has 0 aliphatic heterocycles. The number of fused-ring (bicyclic) bond motifs is 1. The average molecular weight is 246 g/mol.